The second kappa shape index (κ2) is 7.40. The highest BCUT2D eigenvalue weighted by molar-refractivity contribution is 7.97. The van der Waals surface area contributed by atoms with Crippen LogP contribution in [0.3, 0.4) is 0 Å². The van der Waals surface area contributed by atoms with Crippen LogP contribution in [0.1, 0.15) is 45.6 Å². The number of aryl methyl sites for hydroxylation is 1. The summed E-state index contributed by atoms with van der Waals surface area (Å²) in [4.78, 5) is 13.1. The molecule has 3 nitrogen and oxygen atoms in total. The van der Waals surface area contributed by atoms with Gasteiger partial charge in [-0.1, -0.05) is 0 Å². The van der Waals surface area contributed by atoms with E-state index < -0.39 is 5.60 Å². The molecular formula is C18H27O3S+. The number of carbonyl (C=O) groups is 1. The summed E-state index contributed by atoms with van der Waals surface area (Å²) in [6, 6.07) is 6.20. The minimum absolute atomic E-state index is 0.0399. The zero-order valence-electron chi connectivity index (χ0n) is 14.1. The molecule has 1 fully saturated rings. The molecule has 0 aliphatic carbocycles. The van der Waals surface area contributed by atoms with E-state index in [1.54, 1.807) is 0 Å². The molecule has 1 aromatic carbocycles. The van der Waals surface area contributed by atoms with Crippen molar-refractivity contribution in [2.45, 2.75) is 57.5 Å². The molecular weight excluding hydrogens is 296 g/mol. The number of hydrogen-bond acceptors (Lipinski definition) is 3. The smallest absolute Gasteiger partial charge is 0.344 e. The first-order valence-electron chi connectivity index (χ1n) is 7.98. The SMILES string of the molecule is Cc1cc(OCC(=O)OC(C)(C)C)ccc1[S+]1CCCCC1. The van der Waals surface area contributed by atoms with E-state index in [1.165, 1.54) is 41.2 Å². The van der Waals surface area contributed by atoms with E-state index in [0.717, 1.165) is 5.75 Å². The number of esters is 1. The first-order chi connectivity index (χ1) is 10.3. The summed E-state index contributed by atoms with van der Waals surface area (Å²) < 4.78 is 10.8. The van der Waals surface area contributed by atoms with E-state index in [2.05, 4.69) is 13.0 Å². The molecule has 0 bridgehead atoms. The van der Waals surface area contributed by atoms with Gasteiger partial charge in [0.1, 0.15) is 22.9 Å². The third-order valence-electron chi connectivity index (χ3n) is 3.52. The van der Waals surface area contributed by atoms with E-state index in [0.29, 0.717) is 10.9 Å². The average Bonchev–Trinajstić information content (AvgIpc) is 2.44. The maximum absolute atomic E-state index is 11.7. The molecule has 4 heteroatoms. The Labute approximate surface area is 136 Å². The average molecular weight is 323 g/mol. The van der Waals surface area contributed by atoms with E-state index in [9.17, 15) is 4.79 Å². The van der Waals surface area contributed by atoms with Gasteiger partial charge in [0.25, 0.3) is 0 Å². The van der Waals surface area contributed by atoms with Crippen LogP contribution >= 0.6 is 0 Å². The summed E-state index contributed by atoms with van der Waals surface area (Å²) in [6.45, 7) is 7.66. The summed E-state index contributed by atoms with van der Waals surface area (Å²) in [7, 11) is 0.399. The first kappa shape index (κ1) is 17.2. The number of hydrogen-bond donors (Lipinski definition) is 0. The summed E-state index contributed by atoms with van der Waals surface area (Å²) in [6.07, 6.45) is 4.07. The van der Waals surface area contributed by atoms with Gasteiger partial charge in [0.15, 0.2) is 11.5 Å². The quantitative estimate of drug-likeness (QED) is 0.623. The lowest BCUT2D eigenvalue weighted by Gasteiger charge is -2.19. The summed E-state index contributed by atoms with van der Waals surface area (Å²) >= 11 is 0. The molecule has 0 saturated carbocycles. The minimum atomic E-state index is -0.470. The van der Waals surface area contributed by atoms with Crippen molar-refractivity contribution >= 4 is 16.9 Å². The summed E-state index contributed by atoms with van der Waals surface area (Å²) in [5.74, 6) is 3.05. The van der Waals surface area contributed by atoms with Crippen molar-refractivity contribution in [2.75, 3.05) is 18.1 Å². The van der Waals surface area contributed by atoms with E-state index in [4.69, 9.17) is 9.47 Å². The van der Waals surface area contributed by atoms with Gasteiger partial charge >= 0.3 is 5.97 Å². The van der Waals surface area contributed by atoms with Gasteiger partial charge < -0.3 is 9.47 Å². The number of rotatable bonds is 4. The predicted molar refractivity (Wildman–Crippen MR) is 91.7 cm³/mol. The lowest BCUT2D eigenvalue weighted by Crippen LogP contribution is -2.27. The zero-order chi connectivity index (χ0) is 16.2. The van der Waals surface area contributed by atoms with Gasteiger partial charge in [-0.3, -0.25) is 0 Å². The Balaban J connectivity index is 1.93. The van der Waals surface area contributed by atoms with E-state index in [1.807, 2.05) is 32.9 Å². The van der Waals surface area contributed by atoms with Crippen molar-refractivity contribution in [1.82, 2.24) is 0 Å². The van der Waals surface area contributed by atoms with Crippen LogP contribution in [0.25, 0.3) is 0 Å². The van der Waals surface area contributed by atoms with E-state index >= 15 is 0 Å². The van der Waals surface area contributed by atoms with Crippen LogP contribution < -0.4 is 4.74 Å². The predicted octanol–water partition coefficient (Wildman–Crippen LogP) is 3.88. The maximum atomic E-state index is 11.7. The van der Waals surface area contributed by atoms with Crippen molar-refractivity contribution in [1.29, 1.82) is 0 Å². The number of carbonyl (C=O) groups excluding carboxylic acids is 1. The highest BCUT2D eigenvalue weighted by Gasteiger charge is 2.26. The molecule has 0 amide bonds. The van der Waals surface area contributed by atoms with Crippen molar-refractivity contribution in [3.05, 3.63) is 23.8 Å². The van der Waals surface area contributed by atoms with Gasteiger partial charge in [-0.25, -0.2) is 4.79 Å². The van der Waals surface area contributed by atoms with Crippen LogP contribution in [0.4, 0.5) is 0 Å². The molecule has 2 rings (SSSR count). The standard InChI is InChI=1S/C18H27O3S/c1-14-12-15(20-13-17(19)21-18(2,3)4)8-9-16(14)22-10-6-5-7-11-22/h8-9,12H,5-7,10-11,13H2,1-4H3/q+1. The molecule has 1 aliphatic rings. The fourth-order valence-electron chi connectivity index (χ4n) is 2.60. The van der Waals surface area contributed by atoms with Crippen molar-refractivity contribution in [2.24, 2.45) is 0 Å². The monoisotopic (exact) mass is 323 g/mol. The summed E-state index contributed by atoms with van der Waals surface area (Å²) in [5, 5.41) is 0. The molecule has 0 spiro atoms. The lowest BCUT2D eigenvalue weighted by molar-refractivity contribution is -0.157. The molecule has 122 valence electrons. The molecule has 1 aromatic rings. The molecule has 0 unspecified atom stereocenters. The van der Waals surface area contributed by atoms with Crippen LogP contribution in [0.5, 0.6) is 5.75 Å². The van der Waals surface area contributed by atoms with Gasteiger partial charge in [-0.05, 0) is 65.2 Å². The Morgan fingerprint density at radius 1 is 1.18 bits per heavy atom. The molecule has 1 saturated heterocycles. The number of benzene rings is 1. The van der Waals surface area contributed by atoms with Gasteiger partial charge in [-0.15, -0.1) is 0 Å². The molecule has 1 aliphatic heterocycles. The van der Waals surface area contributed by atoms with Crippen LogP contribution in [0, 0.1) is 6.92 Å². The van der Waals surface area contributed by atoms with Gasteiger partial charge in [0.2, 0.25) is 0 Å². The van der Waals surface area contributed by atoms with Crippen LogP contribution in [-0.4, -0.2) is 29.7 Å². The second-order valence-electron chi connectivity index (χ2n) is 6.76. The van der Waals surface area contributed by atoms with E-state index in [-0.39, 0.29) is 12.6 Å². The molecule has 1 heterocycles. The molecule has 0 N–H and O–H groups in total. The third-order valence-corrected chi connectivity index (χ3v) is 6.16. The third kappa shape index (κ3) is 5.24. The van der Waals surface area contributed by atoms with Crippen molar-refractivity contribution < 1.29 is 14.3 Å². The first-order valence-corrected chi connectivity index (χ1v) is 9.54. The Hall–Kier alpha value is -1.16. The molecule has 0 atom stereocenters. The highest BCUT2D eigenvalue weighted by Crippen LogP contribution is 2.27. The Kier molecular flexibility index (Phi) is 5.79. The molecule has 0 radical (unpaired) electrons. The van der Waals surface area contributed by atoms with Gasteiger partial charge in [0.05, 0.1) is 0 Å². The Bertz CT molecular complexity index is 514. The Morgan fingerprint density at radius 3 is 2.45 bits per heavy atom. The normalized spacial score (nSPS) is 16.4. The topological polar surface area (TPSA) is 35.5 Å². The maximum Gasteiger partial charge on any atom is 0.344 e. The Morgan fingerprint density at radius 2 is 1.86 bits per heavy atom. The van der Waals surface area contributed by atoms with Crippen LogP contribution in [0.15, 0.2) is 23.1 Å². The number of ether oxygens (including phenoxy) is 2. The largest absolute Gasteiger partial charge is 0.482 e. The lowest BCUT2D eigenvalue weighted by atomic mass is 10.2. The van der Waals surface area contributed by atoms with Gasteiger partial charge in [0, 0.05) is 16.5 Å². The van der Waals surface area contributed by atoms with Gasteiger partial charge in [-0.2, -0.15) is 0 Å². The zero-order valence-corrected chi connectivity index (χ0v) is 14.9. The fourth-order valence-corrected chi connectivity index (χ4v) is 5.12. The highest BCUT2D eigenvalue weighted by atomic mass is 32.2. The van der Waals surface area contributed by atoms with Crippen molar-refractivity contribution in [3.63, 3.8) is 0 Å². The molecule has 22 heavy (non-hydrogen) atoms. The van der Waals surface area contributed by atoms with Crippen molar-refractivity contribution in [3.8, 4) is 5.75 Å². The second-order valence-corrected chi connectivity index (χ2v) is 9.01. The van der Waals surface area contributed by atoms with Crippen LogP contribution in [-0.2, 0) is 20.4 Å². The summed E-state index contributed by atoms with van der Waals surface area (Å²) in [5.41, 5.74) is 0.800. The fraction of sp³-hybridized carbons (Fsp3) is 0.611. The van der Waals surface area contributed by atoms with Crippen LogP contribution in [0.2, 0.25) is 0 Å². The molecule has 0 aromatic heterocycles. The minimum Gasteiger partial charge on any atom is -0.482 e.